The maximum absolute atomic E-state index is 13.4. The van der Waals surface area contributed by atoms with Gasteiger partial charge in [0.25, 0.3) is 0 Å². The molecular weight excluding hydrogens is 769 g/mol. The molecule has 0 saturated heterocycles. The first kappa shape index (κ1) is 42.8. The Kier molecular flexibility index (Phi) is 15.3. The van der Waals surface area contributed by atoms with Crippen molar-refractivity contribution in [3.63, 3.8) is 0 Å². The lowest BCUT2D eigenvalue weighted by atomic mass is 10.0. The van der Waals surface area contributed by atoms with Crippen LogP contribution in [0.1, 0.15) is 48.3 Å². The van der Waals surface area contributed by atoms with Gasteiger partial charge in [-0.05, 0) is 54.8 Å². The quantitative estimate of drug-likeness (QED) is 0.0871. The fourth-order valence-electron chi connectivity index (χ4n) is 4.70. The molecule has 3 rings (SSSR count). The Morgan fingerprint density at radius 2 is 1.64 bits per heavy atom. The van der Waals surface area contributed by atoms with E-state index >= 15 is 0 Å². The number of thiazole rings is 1. The minimum Gasteiger partial charge on any atom is -0.480 e. The average Bonchev–Trinajstić information content (AvgIpc) is 3.59. The molecule has 1 heterocycles. The third kappa shape index (κ3) is 13.1. The second kappa shape index (κ2) is 18.9. The standard InChI is InChI=1S/C32H36ClF3N6O9S2/c1-17(2)27(29(45)40-19-5-3-18(4-6-19)30(46)47)41-28(44)25(13-20-15-52-16-39-20)37-11-12-38-26(43)10-9-24(31(48)49)42-53(50,51)21-7-8-23(33)22(14-21)32(34,35)36/h3-8,14-17,24-25,27,37,42H,9-13H2,1-2H3,(H,38,43)(H,40,45)(H,41,44)(H,46,47)(H,48,49)/t24-,25-,27-/m0/s1. The molecule has 15 nitrogen and oxygen atoms in total. The number of rotatable bonds is 19. The number of aromatic carboxylic acids is 1. The van der Waals surface area contributed by atoms with Crippen molar-refractivity contribution in [2.24, 2.45) is 5.92 Å². The number of amides is 3. The molecule has 0 bridgehead atoms. The first-order valence-electron chi connectivity index (χ1n) is 15.7. The number of nitrogens with zero attached hydrogens (tertiary/aromatic N) is 1. The summed E-state index contributed by atoms with van der Waals surface area (Å²) in [5.74, 6) is -4.95. The minimum absolute atomic E-state index is 0.0233. The molecule has 0 aliphatic carbocycles. The number of halogens is 4. The molecule has 0 fully saturated rings. The third-order valence-electron chi connectivity index (χ3n) is 7.51. The van der Waals surface area contributed by atoms with Gasteiger partial charge in [-0.25, -0.2) is 18.2 Å². The highest BCUT2D eigenvalue weighted by Gasteiger charge is 2.35. The molecule has 53 heavy (non-hydrogen) atoms. The van der Waals surface area contributed by atoms with Gasteiger partial charge in [0, 0.05) is 37.0 Å². The number of carbonyl (C=O) groups is 5. The van der Waals surface area contributed by atoms with Gasteiger partial charge in [0.05, 0.1) is 38.3 Å². The number of carboxylic acids is 2. The Morgan fingerprint density at radius 3 is 2.21 bits per heavy atom. The summed E-state index contributed by atoms with van der Waals surface area (Å²) in [6, 6.07) is 3.46. The van der Waals surface area contributed by atoms with Crippen molar-refractivity contribution >= 4 is 68.3 Å². The summed E-state index contributed by atoms with van der Waals surface area (Å²) < 4.78 is 66.9. The Labute approximate surface area is 310 Å². The van der Waals surface area contributed by atoms with Gasteiger partial charge in [0.2, 0.25) is 27.7 Å². The van der Waals surface area contributed by atoms with Gasteiger partial charge in [0.1, 0.15) is 12.1 Å². The molecule has 2 aromatic carbocycles. The maximum Gasteiger partial charge on any atom is 0.417 e. The Hall–Kier alpha value is -4.63. The largest absolute Gasteiger partial charge is 0.480 e. The van der Waals surface area contributed by atoms with Crippen LogP contribution in [0.3, 0.4) is 0 Å². The first-order valence-corrected chi connectivity index (χ1v) is 18.5. The lowest BCUT2D eigenvalue weighted by Gasteiger charge is -2.25. The smallest absolute Gasteiger partial charge is 0.417 e. The highest BCUT2D eigenvalue weighted by Crippen LogP contribution is 2.36. The Morgan fingerprint density at radius 1 is 0.962 bits per heavy atom. The second-order valence-electron chi connectivity index (χ2n) is 11.8. The molecule has 1 aromatic heterocycles. The van der Waals surface area contributed by atoms with Gasteiger partial charge < -0.3 is 31.5 Å². The number of carboxylic acid groups (broad SMARTS) is 2. The Balaban J connectivity index is 1.57. The van der Waals surface area contributed by atoms with Gasteiger partial charge in [-0.3, -0.25) is 19.2 Å². The highest BCUT2D eigenvalue weighted by atomic mass is 35.5. The lowest BCUT2D eigenvalue weighted by molar-refractivity contribution is -0.139. The molecule has 0 aliphatic heterocycles. The number of anilines is 1. The van der Waals surface area contributed by atoms with Crippen molar-refractivity contribution in [3.8, 4) is 0 Å². The molecule has 0 unspecified atom stereocenters. The van der Waals surface area contributed by atoms with Crippen LogP contribution < -0.4 is 26.0 Å². The molecular formula is C32H36ClF3N6O9S2. The van der Waals surface area contributed by atoms with E-state index in [4.69, 9.17) is 16.7 Å². The van der Waals surface area contributed by atoms with Crippen molar-refractivity contribution in [3.05, 3.63) is 75.2 Å². The van der Waals surface area contributed by atoms with Crippen molar-refractivity contribution in [1.29, 1.82) is 0 Å². The summed E-state index contributed by atoms with van der Waals surface area (Å²) in [5.41, 5.74) is 1.07. The van der Waals surface area contributed by atoms with Crippen LogP contribution in [0.15, 0.2) is 58.3 Å². The molecule has 0 radical (unpaired) electrons. The normalized spacial score (nSPS) is 13.5. The lowest BCUT2D eigenvalue weighted by Crippen LogP contribution is -2.54. The summed E-state index contributed by atoms with van der Waals surface area (Å²) in [6.45, 7) is 3.40. The maximum atomic E-state index is 13.4. The van der Waals surface area contributed by atoms with Crippen molar-refractivity contribution in [1.82, 2.24) is 25.7 Å². The molecule has 3 aromatic rings. The van der Waals surface area contributed by atoms with Gasteiger partial charge in [0.15, 0.2) is 0 Å². The van der Waals surface area contributed by atoms with Gasteiger partial charge in [-0.1, -0.05) is 25.4 Å². The number of carbonyl (C=O) groups excluding carboxylic acids is 3. The number of alkyl halides is 3. The van der Waals surface area contributed by atoms with Crippen LogP contribution in [0.2, 0.25) is 5.02 Å². The van der Waals surface area contributed by atoms with Crippen LogP contribution in [0.4, 0.5) is 18.9 Å². The number of benzene rings is 2. The molecule has 7 N–H and O–H groups in total. The molecule has 3 atom stereocenters. The predicted molar refractivity (Wildman–Crippen MR) is 187 cm³/mol. The molecule has 0 saturated carbocycles. The van der Waals surface area contributed by atoms with Crippen LogP contribution in [-0.2, 0) is 41.8 Å². The van der Waals surface area contributed by atoms with Crippen LogP contribution in [0.5, 0.6) is 0 Å². The van der Waals surface area contributed by atoms with E-state index in [1.54, 1.807) is 29.5 Å². The number of sulfonamides is 1. The van der Waals surface area contributed by atoms with Crippen LogP contribution in [0, 0.1) is 5.92 Å². The minimum atomic E-state index is -4.97. The van der Waals surface area contributed by atoms with E-state index in [-0.39, 0.29) is 37.1 Å². The van der Waals surface area contributed by atoms with E-state index in [1.165, 1.54) is 35.6 Å². The summed E-state index contributed by atoms with van der Waals surface area (Å²) in [5, 5.41) is 30.5. The van der Waals surface area contributed by atoms with E-state index in [0.29, 0.717) is 17.4 Å². The second-order valence-corrected chi connectivity index (χ2v) is 14.7. The van der Waals surface area contributed by atoms with Crippen molar-refractivity contribution in [2.45, 2.75) is 62.3 Å². The number of nitrogens with one attached hydrogen (secondary N) is 5. The highest BCUT2D eigenvalue weighted by molar-refractivity contribution is 7.89. The third-order valence-corrected chi connectivity index (χ3v) is 9.94. The SMILES string of the molecule is CC(C)[C@H](NC(=O)[C@H](Cc1cscn1)NCCNC(=O)CC[C@H](NS(=O)(=O)c1ccc(Cl)c(C(F)(F)F)c1)C(=O)O)C(=O)Nc1ccc(C(=O)O)cc1. The van der Waals surface area contributed by atoms with Gasteiger partial charge >= 0.3 is 18.1 Å². The zero-order valence-corrected chi connectivity index (χ0v) is 30.5. The Bertz CT molecular complexity index is 1880. The van der Waals surface area contributed by atoms with E-state index in [0.717, 1.165) is 6.07 Å². The zero-order valence-electron chi connectivity index (χ0n) is 28.1. The van der Waals surface area contributed by atoms with Gasteiger partial charge in [-0.2, -0.15) is 17.9 Å². The zero-order chi connectivity index (χ0) is 39.5. The molecule has 0 spiro atoms. The van der Waals surface area contributed by atoms with E-state index in [1.807, 2.05) is 0 Å². The summed E-state index contributed by atoms with van der Waals surface area (Å²) in [6.07, 6.45) is -5.89. The fourth-order valence-corrected chi connectivity index (χ4v) is 6.74. The molecule has 21 heteroatoms. The summed E-state index contributed by atoms with van der Waals surface area (Å²) >= 11 is 6.84. The monoisotopic (exact) mass is 804 g/mol. The van der Waals surface area contributed by atoms with E-state index in [2.05, 4.69) is 26.3 Å². The summed E-state index contributed by atoms with van der Waals surface area (Å²) in [7, 11) is -4.77. The van der Waals surface area contributed by atoms with Gasteiger partial charge in [-0.15, -0.1) is 11.3 Å². The van der Waals surface area contributed by atoms with Crippen molar-refractivity contribution in [2.75, 3.05) is 18.4 Å². The first-order chi connectivity index (χ1) is 24.8. The number of aromatic nitrogens is 1. The molecule has 0 aliphatic rings. The van der Waals surface area contributed by atoms with E-state index < -0.39 is 92.3 Å². The van der Waals surface area contributed by atoms with Crippen LogP contribution in [-0.4, -0.2) is 84.5 Å². The number of aliphatic carboxylic acids is 1. The fraction of sp³-hybridized carbons (Fsp3) is 0.375. The number of hydrogen-bond donors (Lipinski definition) is 7. The topological polar surface area (TPSA) is 233 Å². The predicted octanol–water partition coefficient (Wildman–Crippen LogP) is 3.12. The molecule has 288 valence electrons. The summed E-state index contributed by atoms with van der Waals surface area (Å²) in [4.78, 5) is 65.3. The van der Waals surface area contributed by atoms with Crippen molar-refractivity contribution < 1.29 is 55.8 Å². The number of hydrogen-bond acceptors (Lipinski definition) is 10. The average molecular weight is 805 g/mol. The van der Waals surface area contributed by atoms with Crippen LogP contribution in [0.25, 0.3) is 0 Å². The van der Waals surface area contributed by atoms with E-state index in [9.17, 15) is 50.7 Å². The molecule has 3 amide bonds. The van der Waals surface area contributed by atoms with Crippen LogP contribution >= 0.6 is 22.9 Å².